The minimum atomic E-state index is -0.897. The number of primary amides is 1. The highest BCUT2D eigenvalue weighted by Gasteiger charge is 2.43. The SMILES string of the molecule is COc1cc(Cl)ccc1OC1CCN(C(C)(C)CCC(C(N)=O)(c2ccccc2)c2ccccc2)C1. The van der Waals surface area contributed by atoms with Crippen LogP contribution in [-0.4, -0.2) is 42.6 Å². The number of methoxy groups -OCH3 is 1. The van der Waals surface area contributed by atoms with Crippen LogP contribution in [-0.2, 0) is 10.2 Å². The van der Waals surface area contributed by atoms with Gasteiger partial charge in [0.2, 0.25) is 5.91 Å². The highest BCUT2D eigenvalue weighted by atomic mass is 35.5. The van der Waals surface area contributed by atoms with Gasteiger partial charge in [-0.1, -0.05) is 72.3 Å². The van der Waals surface area contributed by atoms with E-state index in [1.165, 1.54) is 0 Å². The van der Waals surface area contributed by atoms with Crippen LogP contribution in [0.1, 0.15) is 44.2 Å². The van der Waals surface area contributed by atoms with Gasteiger partial charge in [0, 0.05) is 29.7 Å². The summed E-state index contributed by atoms with van der Waals surface area (Å²) in [5.41, 5.74) is 6.97. The number of rotatable bonds is 10. The summed E-state index contributed by atoms with van der Waals surface area (Å²) in [4.78, 5) is 15.6. The third-order valence-electron chi connectivity index (χ3n) is 7.49. The molecule has 0 aromatic heterocycles. The van der Waals surface area contributed by atoms with Crippen LogP contribution in [0.15, 0.2) is 78.9 Å². The Morgan fingerprint density at radius 3 is 2.14 bits per heavy atom. The van der Waals surface area contributed by atoms with Crippen molar-refractivity contribution in [2.75, 3.05) is 20.2 Å². The second-order valence-electron chi connectivity index (χ2n) is 10.1. The number of nitrogens with two attached hydrogens (primary N) is 1. The molecule has 1 aliphatic rings. The smallest absolute Gasteiger partial charge is 0.232 e. The van der Waals surface area contributed by atoms with Crippen molar-refractivity contribution in [1.29, 1.82) is 0 Å². The first-order valence-corrected chi connectivity index (χ1v) is 12.8. The van der Waals surface area contributed by atoms with Crippen LogP contribution >= 0.6 is 11.6 Å². The molecule has 36 heavy (non-hydrogen) atoms. The number of benzene rings is 3. The topological polar surface area (TPSA) is 64.8 Å². The van der Waals surface area contributed by atoms with Crippen molar-refractivity contribution in [2.24, 2.45) is 5.73 Å². The summed E-state index contributed by atoms with van der Waals surface area (Å²) >= 11 is 6.10. The van der Waals surface area contributed by atoms with Crippen molar-refractivity contribution in [3.63, 3.8) is 0 Å². The molecule has 5 nitrogen and oxygen atoms in total. The van der Waals surface area contributed by atoms with Gasteiger partial charge in [0.15, 0.2) is 11.5 Å². The molecule has 6 heteroatoms. The highest BCUT2D eigenvalue weighted by Crippen LogP contribution is 2.40. The molecular weight excluding hydrogens is 472 g/mol. The number of carbonyl (C=O) groups excluding carboxylic acids is 1. The van der Waals surface area contributed by atoms with Gasteiger partial charge in [0.1, 0.15) is 6.10 Å². The Morgan fingerprint density at radius 2 is 1.58 bits per heavy atom. The van der Waals surface area contributed by atoms with E-state index in [0.29, 0.717) is 22.9 Å². The summed E-state index contributed by atoms with van der Waals surface area (Å²) in [6.07, 6.45) is 2.35. The van der Waals surface area contributed by atoms with E-state index in [1.54, 1.807) is 13.2 Å². The number of halogens is 1. The van der Waals surface area contributed by atoms with Gasteiger partial charge in [-0.3, -0.25) is 9.69 Å². The molecule has 0 bridgehead atoms. The molecule has 1 atom stereocenters. The Kier molecular flexibility index (Phi) is 7.91. The van der Waals surface area contributed by atoms with E-state index >= 15 is 0 Å². The molecule has 0 spiro atoms. The first-order chi connectivity index (χ1) is 17.3. The Morgan fingerprint density at radius 1 is 0.972 bits per heavy atom. The summed E-state index contributed by atoms with van der Waals surface area (Å²) in [7, 11) is 1.62. The van der Waals surface area contributed by atoms with Gasteiger partial charge in [-0.15, -0.1) is 0 Å². The van der Waals surface area contributed by atoms with E-state index in [1.807, 2.05) is 72.8 Å². The normalized spacial score (nSPS) is 16.6. The minimum absolute atomic E-state index is 0.0449. The van der Waals surface area contributed by atoms with Crippen LogP contribution in [0.25, 0.3) is 0 Å². The van der Waals surface area contributed by atoms with Crippen LogP contribution in [0.2, 0.25) is 5.02 Å². The van der Waals surface area contributed by atoms with Crippen LogP contribution < -0.4 is 15.2 Å². The molecule has 1 amide bonds. The Bertz CT molecular complexity index is 1130. The second-order valence-corrected chi connectivity index (χ2v) is 10.5. The van der Waals surface area contributed by atoms with Gasteiger partial charge < -0.3 is 15.2 Å². The maximum absolute atomic E-state index is 13.2. The summed E-state index contributed by atoms with van der Waals surface area (Å²) in [6, 6.07) is 25.2. The summed E-state index contributed by atoms with van der Waals surface area (Å²) < 4.78 is 11.7. The lowest BCUT2D eigenvalue weighted by Gasteiger charge is -2.40. The molecule has 0 radical (unpaired) electrons. The fourth-order valence-corrected chi connectivity index (χ4v) is 5.41. The molecule has 1 unspecified atom stereocenters. The summed E-state index contributed by atoms with van der Waals surface area (Å²) in [5, 5.41) is 0.614. The fraction of sp³-hybridized carbons (Fsp3) is 0.367. The fourth-order valence-electron chi connectivity index (χ4n) is 5.25. The molecule has 0 saturated carbocycles. The average molecular weight is 507 g/mol. The first kappa shape index (κ1) is 26.1. The van der Waals surface area contributed by atoms with Gasteiger partial charge in [-0.2, -0.15) is 0 Å². The van der Waals surface area contributed by atoms with Crippen molar-refractivity contribution in [3.05, 3.63) is 95.0 Å². The average Bonchev–Trinajstić information content (AvgIpc) is 3.36. The summed E-state index contributed by atoms with van der Waals surface area (Å²) in [6.45, 7) is 6.17. The maximum Gasteiger partial charge on any atom is 0.232 e. The quantitative estimate of drug-likeness (QED) is 0.375. The van der Waals surface area contributed by atoms with Crippen LogP contribution in [0.4, 0.5) is 0 Å². The lowest BCUT2D eigenvalue weighted by atomic mass is 9.69. The lowest BCUT2D eigenvalue weighted by molar-refractivity contribution is -0.122. The molecule has 4 rings (SSSR count). The van der Waals surface area contributed by atoms with E-state index in [4.69, 9.17) is 26.8 Å². The molecular formula is C30H35ClN2O3. The van der Waals surface area contributed by atoms with E-state index in [-0.39, 0.29) is 17.6 Å². The van der Waals surface area contributed by atoms with Crippen molar-refractivity contribution in [2.45, 2.75) is 50.2 Å². The predicted octanol–water partition coefficient (Wildman–Crippen LogP) is 5.83. The molecule has 2 N–H and O–H groups in total. The number of carbonyl (C=O) groups is 1. The zero-order valence-electron chi connectivity index (χ0n) is 21.2. The number of amides is 1. The van der Waals surface area contributed by atoms with Gasteiger partial charge >= 0.3 is 0 Å². The van der Waals surface area contributed by atoms with Gasteiger partial charge in [0.25, 0.3) is 0 Å². The van der Waals surface area contributed by atoms with E-state index in [0.717, 1.165) is 37.1 Å². The molecule has 1 saturated heterocycles. The number of ether oxygens (including phenoxy) is 2. The Balaban J connectivity index is 1.52. The van der Waals surface area contributed by atoms with Crippen LogP contribution in [0, 0.1) is 0 Å². The second kappa shape index (κ2) is 10.9. The Labute approximate surface area is 219 Å². The van der Waals surface area contributed by atoms with Crippen molar-refractivity contribution >= 4 is 17.5 Å². The summed E-state index contributed by atoms with van der Waals surface area (Å²) in [5.74, 6) is 1.01. The van der Waals surface area contributed by atoms with Gasteiger partial charge in [-0.25, -0.2) is 0 Å². The minimum Gasteiger partial charge on any atom is -0.493 e. The van der Waals surface area contributed by atoms with Crippen molar-refractivity contribution < 1.29 is 14.3 Å². The van der Waals surface area contributed by atoms with Crippen molar-refractivity contribution in [1.82, 2.24) is 4.90 Å². The largest absolute Gasteiger partial charge is 0.493 e. The monoisotopic (exact) mass is 506 g/mol. The molecule has 3 aromatic rings. The molecule has 0 aliphatic carbocycles. The maximum atomic E-state index is 13.2. The third-order valence-corrected chi connectivity index (χ3v) is 7.72. The molecule has 1 fully saturated rings. The van der Waals surface area contributed by atoms with Crippen LogP contribution in [0.5, 0.6) is 11.5 Å². The number of hydrogen-bond acceptors (Lipinski definition) is 4. The first-order valence-electron chi connectivity index (χ1n) is 12.4. The van der Waals surface area contributed by atoms with Gasteiger partial charge in [-0.05, 0) is 56.4 Å². The lowest BCUT2D eigenvalue weighted by Crippen LogP contribution is -2.47. The zero-order chi connectivity index (χ0) is 25.8. The number of hydrogen-bond donors (Lipinski definition) is 1. The number of nitrogens with zero attached hydrogens (tertiary/aromatic N) is 1. The third kappa shape index (κ3) is 5.37. The van der Waals surface area contributed by atoms with E-state index < -0.39 is 5.41 Å². The van der Waals surface area contributed by atoms with E-state index in [2.05, 4.69) is 18.7 Å². The van der Waals surface area contributed by atoms with E-state index in [9.17, 15) is 4.79 Å². The zero-order valence-corrected chi connectivity index (χ0v) is 22.0. The van der Waals surface area contributed by atoms with Crippen molar-refractivity contribution in [3.8, 4) is 11.5 Å². The predicted molar refractivity (Wildman–Crippen MR) is 145 cm³/mol. The molecule has 3 aromatic carbocycles. The standard InChI is InChI=1S/C30H35ClN2O3/c1-29(2,33-19-16-25(21-33)36-26-15-14-24(31)20-27(26)35-3)17-18-30(28(32)34,22-10-6-4-7-11-22)23-12-8-5-9-13-23/h4-15,20,25H,16-19,21H2,1-3H3,(H2,32,34). The highest BCUT2D eigenvalue weighted by molar-refractivity contribution is 6.30. The molecule has 190 valence electrons. The number of likely N-dealkylation sites (tertiary alicyclic amines) is 1. The molecule has 1 heterocycles. The van der Waals surface area contributed by atoms with Crippen LogP contribution in [0.3, 0.4) is 0 Å². The Hall–Kier alpha value is -3.02. The van der Waals surface area contributed by atoms with Gasteiger partial charge in [0.05, 0.1) is 12.5 Å². The molecule has 1 aliphatic heterocycles.